The average Bonchev–Trinajstić information content (AvgIpc) is 2.51. The highest BCUT2D eigenvalue weighted by Gasteiger charge is 2.35. The fourth-order valence-electron chi connectivity index (χ4n) is 2.90. The van der Waals surface area contributed by atoms with Crippen LogP contribution in [0.2, 0.25) is 0 Å². The fourth-order valence-corrected chi connectivity index (χ4v) is 2.90. The Morgan fingerprint density at radius 2 is 1.91 bits per heavy atom. The van der Waals surface area contributed by atoms with E-state index < -0.39 is 11.9 Å². The van der Waals surface area contributed by atoms with E-state index in [-0.39, 0.29) is 18.8 Å². The van der Waals surface area contributed by atoms with Crippen LogP contribution in [-0.4, -0.2) is 47.5 Å². The van der Waals surface area contributed by atoms with Gasteiger partial charge in [0.05, 0.1) is 31.5 Å². The monoisotopic (exact) mass is 324 g/mol. The lowest BCUT2D eigenvalue weighted by atomic mass is 10.0. The van der Waals surface area contributed by atoms with Gasteiger partial charge in [0, 0.05) is 19.4 Å². The van der Waals surface area contributed by atoms with Gasteiger partial charge < -0.3 is 24.4 Å². The van der Waals surface area contributed by atoms with Crippen LogP contribution in [0.1, 0.15) is 38.7 Å². The van der Waals surface area contributed by atoms with Gasteiger partial charge in [-0.3, -0.25) is 0 Å². The quantitative estimate of drug-likeness (QED) is 0.718. The van der Waals surface area contributed by atoms with Gasteiger partial charge in [-0.15, -0.1) is 0 Å². The third kappa shape index (κ3) is 6.57. The van der Waals surface area contributed by atoms with E-state index in [2.05, 4.69) is 0 Å². The molecule has 5 heteroatoms. The zero-order valence-electron chi connectivity index (χ0n) is 14.0. The summed E-state index contributed by atoms with van der Waals surface area (Å²) >= 11 is 0. The maximum absolute atomic E-state index is 9.61. The molecule has 23 heavy (non-hydrogen) atoms. The molecule has 1 saturated heterocycles. The first-order valence-electron chi connectivity index (χ1n) is 8.25. The third-order valence-corrected chi connectivity index (χ3v) is 3.87. The lowest BCUT2D eigenvalue weighted by Gasteiger charge is -2.41. The summed E-state index contributed by atoms with van der Waals surface area (Å²) < 4.78 is 17.5. The lowest BCUT2D eigenvalue weighted by molar-refractivity contribution is -0.304. The summed E-state index contributed by atoms with van der Waals surface area (Å²) in [5.41, 5.74) is 1.16. The molecule has 2 rings (SSSR count). The van der Waals surface area contributed by atoms with Gasteiger partial charge in [-0.2, -0.15) is 0 Å². The van der Waals surface area contributed by atoms with E-state index >= 15 is 0 Å². The van der Waals surface area contributed by atoms with Crippen LogP contribution >= 0.6 is 0 Å². The second-order valence-electron chi connectivity index (χ2n) is 6.51. The van der Waals surface area contributed by atoms with Gasteiger partial charge in [-0.05, 0) is 25.8 Å². The van der Waals surface area contributed by atoms with Crippen LogP contribution in [0.3, 0.4) is 0 Å². The SMILES string of the molecule is CC1(C)O[C@H](CC(O)CO)C[C@H](CCOCc2ccccc2)O1. The van der Waals surface area contributed by atoms with Crippen LogP contribution in [0.5, 0.6) is 0 Å². The Hall–Kier alpha value is -0.980. The van der Waals surface area contributed by atoms with Crippen molar-refractivity contribution in [3.63, 3.8) is 0 Å². The molecular formula is C18H28O5. The predicted octanol–water partition coefficient (Wildman–Crippen LogP) is 2.25. The highest BCUT2D eigenvalue weighted by Crippen LogP contribution is 2.30. The van der Waals surface area contributed by atoms with Gasteiger partial charge in [0.25, 0.3) is 0 Å². The minimum Gasteiger partial charge on any atom is -0.394 e. The Balaban J connectivity index is 1.74. The van der Waals surface area contributed by atoms with Crippen molar-refractivity contribution < 1.29 is 24.4 Å². The number of aliphatic hydroxyl groups excluding tert-OH is 2. The molecule has 5 nitrogen and oxygen atoms in total. The van der Waals surface area contributed by atoms with Gasteiger partial charge in [0.1, 0.15) is 0 Å². The van der Waals surface area contributed by atoms with Crippen molar-refractivity contribution in [1.82, 2.24) is 0 Å². The molecule has 1 heterocycles. The summed E-state index contributed by atoms with van der Waals surface area (Å²) in [7, 11) is 0. The van der Waals surface area contributed by atoms with Gasteiger partial charge in [0.15, 0.2) is 5.79 Å². The van der Waals surface area contributed by atoms with E-state index in [1.165, 1.54) is 0 Å². The molecule has 0 aliphatic carbocycles. The molecule has 2 N–H and O–H groups in total. The van der Waals surface area contributed by atoms with Crippen LogP contribution in [0.4, 0.5) is 0 Å². The van der Waals surface area contributed by atoms with E-state index in [0.29, 0.717) is 26.1 Å². The van der Waals surface area contributed by atoms with Crippen molar-refractivity contribution in [3.05, 3.63) is 35.9 Å². The minimum atomic E-state index is -0.746. The Morgan fingerprint density at radius 3 is 2.61 bits per heavy atom. The molecule has 0 amide bonds. The van der Waals surface area contributed by atoms with Crippen LogP contribution in [0, 0.1) is 0 Å². The maximum Gasteiger partial charge on any atom is 0.163 e. The van der Waals surface area contributed by atoms with Gasteiger partial charge in [-0.25, -0.2) is 0 Å². The summed E-state index contributed by atoms with van der Waals surface area (Å²) in [5, 5.41) is 18.6. The fraction of sp³-hybridized carbons (Fsp3) is 0.667. The first-order chi connectivity index (χ1) is 11.0. The molecule has 3 atom stereocenters. The predicted molar refractivity (Wildman–Crippen MR) is 86.9 cm³/mol. The Labute approximate surface area is 138 Å². The average molecular weight is 324 g/mol. The Bertz CT molecular complexity index is 448. The van der Waals surface area contributed by atoms with Gasteiger partial charge in [-0.1, -0.05) is 30.3 Å². The number of benzene rings is 1. The number of hydrogen-bond donors (Lipinski definition) is 2. The number of rotatable bonds is 8. The van der Waals surface area contributed by atoms with E-state index in [1.54, 1.807) is 0 Å². The van der Waals surface area contributed by atoms with E-state index in [4.69, 9.17) is 19.3 Å². The molecule has 1 unspecified atom stereocenters. The molecule has 1 fully saturated rings. The Morgan fingerprint density at radius 1 is 1.22 bits per heavy atom. The second kappa shape index (κ2) is 8.76. The molecule has 130 valence electrons. The molecule has 0 aromatic heterocycles. The summed E-state index contributed by atoms with van der Waals surface area (Å²) in [6, 6.07) is 10.1. The molecule has 0 radical (unpaired) electrons. The minimum absolute atomic E-state index is 0.0328. The molecule has 0 saturated carbocycles. The second-order valence-corrected chi connectivity index (χ2v) is 6.51. The Kier molecular flexibility index (Phi) is 6.99. The summed E-state index contributed by atoms with van der Waals surface area (Å²) in [5.74, 6) is -0.678. The molecule has 1 aromatic carbocycles. The largest absolute Gasteiger partial charge is 0.394 e. The van der Waals surface area contributed by atoms with Crippen LogP contribution in [-0.2, 0) is 20.8 Å². The maximum atomic E-state index is 9.61. The summed E-state index contributed by atoms with van der Waals surface area (Å²) in [6.07, 6.45) is 1.08. The molecule has 1 aliphatic rings. The van der Waals surface area contributed by atoms with Crippen molar-refractivity contribution in [3.8, 4) is 0 Å². The van der Waals surface area contributed by atoms with E-state index in [9.17, 15) is 5.11 Å². The van der Waals surface area contributed by atoms with Crippen molar-refractivity contribution in [2.75, 3.05) is 13.2 Å². The third-order valence-electron chi connectivity index (χ3n) is 3.87. The zero-order valence-corrected chi connectivity index (χ0v) is 14.0. The van der Waals surface area contributed by atoms with Gasteiger partial charge in [0.2, 0.25) is 0 Å². The zero-order chi connectivity index (χ0) is 16.7. The smallest absolute Gasteiger partial charge is 0.163 e. The highest BCUT2D eigenvalue weighted by atomic mass is 16.7. The topological polar surface area (TPSA) is 68.2 Å². The number of ether oxygens (including phenoxy) is 3. The number of hydrogen-bond acceptors (Lipinski definition) is 5. The van der Waals surface area contributed by atoms with Crippen molar-refractivity contribution in [2.45, 2.75) is 63.8 Å². The van der Waals surface area contributed by atoms with Crippen molar-refractivity contribution in [1.29, 1.82) is 0 Å². The standard InChI is InChI=1S/C18H28O5/c1-18(2)22-16(11-17(23-18)10-15(20)12-19)8-9-21-13-14-6-4-3-5-7-14/h3-7,15-17,19-20H,8-13H2,1-2H3/t15?,16-,17+/m0/s1. The summed E-state index contributed by atoms with van der Waals surface area (Å²) in [6.45, 7) is 4.72. The normalized spacial score (nSPS) is 25.2. The van der Waals surface area contributed by atoms with Crippen molar-refractivity contribution >= 4 is 0 Å². The van der Waals surface area contributed by atoms with Crippen LogP contribution < -0.4 is 0 Å². The van der Waals surface area contributed by atoms with Crippen molar-refractivity contribution in [2.24, 2.45) is 0 Å². The molecule has 1 aliphatic heterocycles. The first-order valence-corrected chi connectivity index (χ1v) is 8.25. The van der Waals surface area contributed by atoms with Gasteiger partial charge >= 0.3 is 0 Å². The number of aliphatic hydroxyl groups is 2. The van der Waals surface area contributed by atoms with E-state index in [1.807, 2.05) is 44.2 Å². The van der Waals surface area contributed by atoms with E-state index in [0.717, 1.165) is 12.0 Å². The molecule has 0 bridgehead atoms. The first kappa shape index (κ1) is 18.4. The summed E-state index contributed by atoms with van der Waals surface area (Å²) in [4.78, 5) is 0. The molecular weight excluding hydrogens is 296 g/mol. The molecule has 1 aromatic rings. The highest BCUT2D eigenvalue weighted by molar-refractivity contribution is 5.13. The van der Waals surface area contributed by atoms with Crippen LogP contribution in [0.25, 0.3) is 0 Å². The lowest BCUT2D eigenvalue weighted by Crippen LogP contribution is -2.46. The molecule has 0 spiro atoms. The van der Waals surface area contributed by atoms with Crippen LogP contribution in [0.15, 0.2) is 30.3 Å².